The molecule has 1 fully saturated rings. The maximum atomic E-state index is 6.66. The van der Waals surface area contributed by atoms with E-state index in [0.29, 0.717) is 0 Å². The Bertz CT molecular complexity index is 995. The Balaban J connectivity index is 0.00000180. The van der Waals surface area contributed by atoms with E-state index in [1.54, 1.807) is 0 Å². The highest BCUT2D eigenvalue weighted by atomic mass is 79.9. The van der Waals surface area contributed by atoms with E-state index < -0.39 is 0 Å². The van der Waals surface area contributed by atoms with Gasteiger partial charge in [0.15, 0.2) is 5.82 Å². The molecular weight excluding hydrogens is 428 g/mol. The van der Waals surface area contributed by atoms with Gasteiger partial charge in [-0.15, -0.1) is 12.4 Å². The van der Waals surface area contributed by atoms with Gasteiger partial charge in [0.2, 0.25) is 0 Å². The van der Waals surface area contributed by atoms with E-state index in [1.807, 2.05) is 36.0 Å². The van der Waals surface area contributed by atoms with Crippen LogP contribution in [0.3, 0.4) is 0 Å². The summed E-state index contributed by atoms with van der Waals surface area (Å²) in [5.74, 6) is 1.01. The Hall–Kier alpha value is -1.70. The molecule has 0 saturated carbocycles. The number of halogens is 2. The maximum absolute atomic E-state index is 6.66. The van der Waals surface area contributed by atoms with E-state index in [2.05, 4.69) is 37.0 Å². The van der Waals surface area contributed by atoms with Gasteiger partial charge in [0.1, 0.15) is 10.1 Å². The van der Waals surface area contributed by atoms with Crippen molar-refractivity contribution < 1.29 is 0 Å². The van der Waals surface area contributed by atoms with Gasteiger partial charge in [0.25, 0.3) is 0 Å². The van der Waals surface area contributed by atoms with Crippen LogP contribution in [-0.4, -0.2) is 32.7 Å². The molecule has 0 unspecified atom stereocenters. The van der Waals surface area contributed by atoms with E-state index in [1.165, 1.54) is 11.3 Å². The second-order valence-corrected chi connectivity index (χ2v) is 8.23. The monoisotopic (exact) mass is 448 g/mol. The van der Waals surface area contributed by atoms with Gasteiger partial charge in [-0.3, -0.25) is 4.98 Å². The topological polar surface area (TPSA) is 72.3 Å². The van der Waals surface area contributed by atoms with Gasteiger partial charge in [-0.25, -0.2) is 9.50 Å². The Kier molecular flexibility index (Phi) is 4.64. The van der Waals surface area contributed by atoms with Crippen molar-refractivity contribution >= 4 is 39.7 Å². The van der Waals surface area contributed by atoms with Crippen molar-refractivity contribution in [1.82, 2.24) is 19.6 Å². The fourth-order valence-corrected chi connectivity index (χ4v) is 4.95. The molecule has 1 atom stereocenters. The largest absolute Gasteiger partial charge is 0.355 e. The standard InChI is InChI=1S/C19H21BrN6.ClH/c1-12-17(20)26-15(4-8-23-26)18(24-12)25-9-5-19(6-10-25)11-14-13(16(19)21)3-2-7-22-14;/h2-4,7-8,16H,5-6,9-11,21H2,1H3;1H/t16-;/m1./s1. The first-order valence-electron chi connectivity index (χ1n) is 9.03. The smallest absolute Gasteiger partial charge is 0.155 e. The number of aryl methyl sites for hydroxylation is 1. The molecule has 8 heteroatoms. The highest BCUT2D eigenvalue weighted by molar-refractivity contribution is 9.10. The number of nitrogens with zero attached hydrogens (tertiary/aromatic N) is 5. The summed E-state index contributed by atoms with van der Waals surface area (Å²) in [4.78, 5) is 11.8. The fraction of sp³-hybridized carbons (Fsp3) is 0.421. The molecule has 27 heavy (non-hydrogen) atoms. The van der Waals surface area contributed by atoms with Gasteiger partial charge in [0, 0.05) is 31.0 Å². The number of hydrogen-bond donors (Lipinski definition) is 1. The van der Waals surface area contributed by atoms with Crippen LogP contribution in [0.2, 0.25) is 0 Å². The van der Waals surface area contributed by atoms with Crippen molar-refractivity contribution in [1.29, 1.82) is 0 Å². The summed E-state index contributed by atoms with van der Waals surface area (Å²) in [6.07, 6.45) is 6.81. The Morgan fingerprint density at radius 2 is 2.00 bits per heavy atom. The molecule has 2 aliphatic rings. The second-order valence-electron chi connectivity index (χ2n) is 7.48. The molecule has 142 valence electrons. The first kappa shape index (κ1) is 18.7. The van der Waals surface area contributed by atoms with Crippen LogP contribution in [0.1, 0.15) is 35.8 Å². The van der Waals surface area contributed by atoms with Gasteiger partial charge < -0.3 is 10.6 Å². The summed E-state index contributed by atoms with van der Waals surface area (Å²) in [5, 5.41) is 4.42. The van der Waals surface area contributed by atoms with Gasteiger partial charge in [-0.05, 0) is 65.2 Å². The number of anilines is 1. The predicted octanol–water partition coefficient (Wildman–Crippen LogP) is 3.46. The molecule has 0 bridgehead atoms. The third-order valence-corrected chi connectivity index (χ3v) is 7.04. The average Bonchev–Trinajstić information content (AvgIpc) is 3.24. The summed E-state index contributed by atoms with van der Waals surface area (Å²) in [5.41, 5.74) is 11.2. The van der Waals surface area contributed by atoms with Crippen molar-refractivity contribution in [2.24, 2.45) is 11.1 Å². The van der Waals surface area contributed by atoms with Crippen molar-refractivity contribution in [3.05, 3.63) is 52.1 Å². The summed E-state index contributed by atoms with van der Waals surface area (Å²) in [6, 6.07) is 6.25. The van der Waals surface area contributed by atoms with E-state index in [-0.39, 0.29) is 23.9 Å². The summed E-state index contributed by atoms with van der Waals surface area (Å²) in [7, 11) is 0. The summed E-state index contributed by atoms with van der Waals surface area (Å²) in [6.45, 7) is 3.92. The number of nitrogens with two attached hydrogens (primary N) is 1. The average molecular weight is 450 g/mol. The normalized spacial score (nSPS) is 20.7. The SMILES string of the molecule is Cc1nc(N2CCC3(CC2)Cc2ncccc2[C@H]3N)c2ccnn2c1Br.Cl. The lowest BCUT2D eigenvalue weighted by molar-refractivity contribution is 0.186. The molecule has 3 aromatic rings. The van der Waals surface area contributed by atoms with Gasteiger partial charge in [-0.1, -0.05) is 6.07 Å². The van der Waals surface area contributed by atoms with Crippen molar-refractivity contribution in [2.45, 2.75) is 32.2 Å². The van der Waals surface area contributed by atoms with Crippen LogP contribution in [0.4, 0.5) is 5.82 Å². The minimum atomic E-state index is 0. The molecule has 3 aromatic heterocycles. The Morgan fingerprint density at radius 3 is 2.74 bits per heavy atom. The molecule has 1 saturated heterocycles. The molecule has 1 aliphatic carbocycles. The third-order valence-electron chi connectivity index (χ3n) is 6.13. The zero-order valence-electron chi connectivity index (χ0n) is 15.1. The molecular formula is C19H22BrClN6. The number of hydrogen-bond acceptors (Lipinski definition) is 5. The quantitative estimate of drug-likeness (QED) is 0.616. The molecule has 6 nitrogen and oxygen atoms in total. The third kappa shape index (κ3) is 2.75. The molecule has 0 aromatic carbocycles. The number of fused-ring (bicyclic) bond motifs is 2. The number of piperidine rings is 1. The van der Waals surface area contributed by atoms with Gasteiger partial charge >= 0.3 is 0 Å². The number of rotatable bonds is 1. The first-order chi connectivity index (χ1) is 12.6. The van der Waals surface area contributed by atoms with Gasteiger partial charge in [-0.2, -0.15) is 5.10 Å². The van der Waals surface area contributed by atoms with Crippen LogP contribution in [0.15, 0.2) is 35.2 Å². The number of aromatic nitrogens is 4. The fourth-order valence-electron chi connectivity index (χ4n) is 4.58. The molecule has 0 radical (unpaired) electrons. The van der Waals surface area contributed by atoms with Crippen LogP contribution in [0.5, 0.6) is 0 Å². The summed E-state index contributed by atoms with van der Waals surface area (Å²) < 4.78 is 2.83. The van der Waals surface area contributed by atoms with Crippen molar-refractivity contribution in [3.63, 3.8) is 0 Å². The van der Waals surface area contributed by atoms with Crippen LogP contribution >= 0.6 is 28.3 Å². The molecule has 0 amide bonds. The predicted molar refractivity (Wildman–Crippen MR) is 111 cm³/mol. The van der Waals surface area contributed by atoms with Crippen LogP contribution in [0, 0.1) is 12.3 Å². The van der Waals surface area contributed by atoms with Crippen molar-refractivity contribution in [2.75, 3.05) is 18.0 Å². The lowest BCUT2D eigenvalue weighted by Crippen LogP contribution is -2.44. The van der Waals surface area contributed by atoms with E-state index in [4.69, 9.17) is 10.7 Å². The summed E-state index contributed by atoms with van der Waals surface area (Å²) >= 11 is 3.59. The highest BCUT2D eigenvalue weighted by Crippen LogP contribution is 2.50. The zero-order valence-corrected chi connectivity index (χ0v) is 17.5. The van der Waals surface area contributed by atoms with Crippen LogP contribution in [0.25, 0.3) is 5.52 Å². The number of pyridine rings is 1. The van der Waals surface area contributed by atoms with E-state index in [9.17, 15) is 0 Å². The zero-order chi connectivity index (χ0) is 17.9. The van der Waals surface area contributed by atoms with Crippen molar-refractivity contribution in [3.8, 4) is 0 Å². The Labute approximate surface area is 172 Å². The van der Waals surface area contributed by atoms with Gasteiger partial charge in [0.05, 0.1) is 11.9 Å². The second kappa shape index (κ2) is 6.72. The lowest BCUT2D eigenvalue weighted by atomic mass is 9.73. The Morgan fingerprint density at radius 1 is 1.22 bits per heavy atom. The van der Waals surface area contributed by atoms with Crippen LogP contribution in [-0.2, 0) is 6.42 Å². The first-order valence-corrected chi connectivity index (χ1v) is 9.82. The minimum absolute atomic E-state index is 0. The highest BCUT2D eigenvalue weighted by Gasteiger charge is 2.46. The van der Waals surface area contributed by atoms with E-state index in [0.717, 1.165) is 54.0 Å². The maximum Gasteiger partial charge on any atom is 0.155 e. The van der Waals surface area contributed by atoms with Crippen LogP contribution < -0.4 is 10.6 Å². The lowest BCUT2D eigenvalue weighted by Gasteiger charge is -2.42. The molecule has 4 heterocycles. The minimum Gasteiger partial charge on any atom is -0.355 e. The molecule has 1 spiro atoms. The molecule has 2 N–H and O–H groups in total. The van der Waals surface area contributed by atoms with E-state index >= 15 is 0 Å². The molecule has 5 rings (SSSR count). The molecule has 1 aliphatic heterocycles.